The first-order valence-electron chi connectivity index (χ1n) is 4.73. The molecule has 0 radical (unpaired) electrons. The van der Waals surface area contributed by atoms with Gasteiger partial charge in [0.25, 0.3) is 0 Å². The summed E-state index contributed by atoms with van der Waals surface area (Å²) >= 11 is 1.10. The van der Waals surface area contributed by atoms with Crippen molar-refractivity contribution < 1.29 is 14.7 Å². The number of nitrogens with zero attached hydrogens (tertiary/aromatic N) is 1. The molecule has 1 rings (SSSR count). The van der Waals surface area contributed by atoms with Crippen molar-refractivity contribution in [3.63, 3.8) is 0 Å². The van der Waals surface area contributed by atoms with Crippen molar-refractivity contribution >= 4 is 28.8 Å². The molecule has 0 spiro atoms. The van der Waals surface area contributed by atoms with E-state index in [0.717, 1.165) is 23.9 Å². The van der Waals surface area contributed by atoms with Gasteiger partial charge >= 0.3 is 5.97 Å². The predicted molar refractivity (Wildman–Crippen MR) is 61.8 cm³/mol. The van der Waals surface area contributed by atoms with Crippen LogP contribution in [0.2, 0.25) is 0 Å². The molecule has 16 heavy (non-hydrogen) atoms. The van der Waals surface area contributed by atoms with Gasteiger partial charge in [0.2, 0.25) is 5.91 Å². The van der Waals surface area contributed by atoms with Gasteiger partial charge in [-0.1, -0.05) is 25.3 Å². The molecule has 1 aliphatic heterocycles. The van der Waals surface area contributed by atoms with E-state index in [4.69, 9.17) is 5.11 Å². The molecule has 0 aromatic carbocycles. The molecule has 1 fully saturated rings. The van der Waals surface area contributed by atoms with Gasteiger partial charge in [-0.2, -0.15) is 5.10 Å². The Morgan fingerprint density at radius 2 is 2.44 bits per heavy atom. The van der Waals surface area contributed by atoms with Gasteiger partial charge < -0.3 is 10.4 Å². The van der Waals surface area contributed by atoms with Gasteiger partial charge in [0.1, 0.15) is 5.25 Å². The minimum Gasteiger partial charge on any atom is -0.481 e. The van der Waals surface area contributed by atoms with Crippen LogP contribution in [0.5, 0.6) is 0 Å². The van der Waals surface area contributed by atoms with Crippen LogP contribution in [0.3, 0.4) is 0 Å². The summed E-state index contributed by atoms with van der Waals surface area (Å²) in [5, 5.41) is 14.8. The number of amides is 1. The number of rotatable bonds is 5. The lowest BCUT2D eigenvalue weighted by Crippen LogP contribution is -2.27. The van der Waals surface area contributed by atoms with E-state index in [-0.39, 0.29) is 12.3 Å². The number of carbonyl (C=O) groups excluding carboxylic acids is 1. The zero-order valence-corrected chi connectivity index (χ0v) is 9.63. The SMILES string of the molecule is C=C(CC)N/N=C1/NC(=O)[C@H](CC(=O)O)S1. The van der Waals surface area contributed by atoms with Crippen molar-refractivity contribution in [1.29, 1.82) is 0 Å². The summed E-state index contributed by atoms with van der Waals surface area (Å²) in [6.45, 7) is 5.61. The lowest BCUT2D eigenvalue weighted by Gasteiger charge is -2.01. The predicted octanol–water partition coefficient (Wildman–Crippen LogP) is 0.477. The summed E-state index contributed by atoms with van der Waals surface area (Å²) in [5.41, 5.74) is 3.41. The molecule has 0 unspecified atom stereocenters. The van der Waals surface area contributed by atoms with Crippen molar-refractivity contribution in [2.75, 3.05) is 0 Å². The Kier molecular flexibility index (Phi) is 4.36. The summed E-state index contributed by atoms with van der Waals surface area (Å²) in [7, 11) is 0. The minimum atomic E-state index is -1.00. The summed E-state index contributed by atoms with van der Waals surface area (Å²) in [6.07, 6.45) is 0.526. The van der Waals surface area contributed by atoms with Gasteiger partial charge in [-0.05, 0) is 6.42 Å². The molecule has 3 N–H and O–H groups in total. The van der Waals surface area contributed by atoms with E-state index in [1.54, 1.807) is 0 Å². The third-order valence-electron chi connectivity index (χ3n) is 1.88. The monoisotopic (exact) mass is 243 g/mol. The molecule has 0 bridgehead atoms. The van der Waals surface area contributed by atoms with Crippen LogP contribution in [0.1, 0.15) is 19.8 Å². The molecule has 1 atom stereocenters. The third kappa shape index (κ3) is 3.58. The molecular weight excluding hydrogens is 230 g/mol. The Morgan fingerprint density at radius 3 is 3.00 bits per heavy atom. The molecule has 88 valence electrons. The van der Waals surface area contributed by atoms with Crippen LogP contribution < -0.4 is 10.7 Å². The Bertz CT molecular complexity index is 354. The van der Waals surface area contributed by atoms with E-state index in [1.165, 1.54) is 0 Å². The molecule has 0 aromatic rings. The summed E-state index contributed by atoms with van der Waals surface area (Å²) in [5.74, 6) is -1.32. The number of aliphatic carboxylic acids is 1. The van der Waals surface area contributed by atoms with Crippen LogP contribution in [0.15, 0.2) is 17.4 Å². The number of amidine groups is 1. The van der Waals surface area contributed by atoms with Crippen molar-refractivity contribution in [2.24, 2.45) is 5.10 Å². The van der Waals surface area contributed by atoms with E-state index in [2.05, 4.69) is 22.4 Å². The average Bonchev–Trinajstić information content (AvgIpc) is 2.55. The summed E-state index contributed by atoms with van der Waals surface area (Å²) in [6, 6.07) is 0. The molecule has 0 aromatic heterocycles. The lowest BCUT2D eigenvalue weighted by molar-refractivity contribution is -0.138. The smallest absolute Gasteiger partial charge is 0.305 e. The standard InChI is InChI=1S/C9H13N3O3S/c1-3-5(2)11-12-9-10-8(15)6(16-9)4-7(13)14/h6,11H,2-4H2,1H3,(H,13,14)(H,10,12,15)/t6-/m0/s1. The number of hydrogen-bond donors (Lipinski definition) is 3. The number of hydrogen-bond acceptors (Lipinski definition) is 5. The number of carbonyl (C=O) groups is 2. The number of nitrogens with one attached hydrogen (secondary N) is 2. The molecule has 1 aliphatic rings. The Hall–Kier alpha value is -1.50. The van der Waals surface area contributed by atoms with E-state index < -0.39 is 11.2 Å². The zero-order chi connectivity index (χ0) is 12.1. The summed E-state index contributed by atoms with van der Waals surface area (Å²) < 4.78 is 0. The topological polar surface area (TPSA) is 90.8 Å². The van der Waals surface area contributed by atoms with Crippen molar-refractivity contribution in [2.45, 2.75) is 25.0 Å². The quantitative estimate of drug-likeness (QED) is 0.611. The van der Waals surface area contributed by atoms with Crippen LogP contribution >= 0.6 is 11.8 Å². The second-order valence-corrected chi connectivity index (χ2v) is 4.37. The number of allylic oxidation sites excluding steroid dienone is 1. The molecule has 6 nitrogen and oxygen atoms in total. The normalized spacial score (nSPS) is 21.9. The van der Waals surface area contributed by atoms with Gasteiger partial charge in [-0.3, -0.25) is 15.0 Å². The molecule has 0 aliphatic carbocycles. The highest BCUT2D eigenvalue weighted by Crippen LogP contribution is 2.21. The van der Waals surface area contributed by atoms with Gasteiger partial charge in [0, 0.05) is 5.70 Å². The molecule has 1 heterocycles. The fourth-order valence-corrected chi connectivity index (χ4v) is 1.88. The van der Waals surface area contributed by atoms with Gasteiger partial charge in [0.15, 0.2) is 5.17 Å². The second kappa shape index (κ2) is 5.55. The van der Waals surface area contributed by atoms with Crippen LogP contribution in [-0.2, 0) is 9.59 Å². The van der Waals surface area contributed by atoms with Crippen LogP contribution in [0.4, 0.5) is 0 Å². The number of carboxylic acids is 1. The maximum absolute atomic E-state index is 11.3. The average molecular weight is 243 g/mol. The molecule has 7 heteroatoms. The van der Waals surface area contributed by atoms with Gasteiger partial charge in [-0.15, -0.1) is 0 Å². The summed E-state index contributed by atoms with van der Waals surface area (Å²) in [4.78, 5) is 21.8. The molecule has 0 saturated carbocycles. The Morgan fingerprint density at radius 1 is 1.75 bits per heavy atom. The van der Waals surface area contributed by atoms with E-state index >= 15 is 0 Å². The highest BCUT2D eigenvalue weighted by atomic mass is 32.2. The van der Waals surface area contributed by atoms with Crippen LogP contribution in [0.25, 0.3) is 0 Å². The Balaban J connectivity index is 2.52. The van der Waals surface area contributed by atoms with Crippen LogP contribution in [-0.4, -0.2) is 27.4 Å². The van der Waals surface area contributed by atoms with Crippen molar-refractivity contribution in [3.8, 4) is 0 Å². The van der Waals surface area contributed by atoms with Crippen molar-refractivity contribution in [1.82, 2.24) is 10.7 Å². The maximum Gasteiger partial charge on any atom is 0.305 e. The van der Waals surface area contributed by atoms with E-state index in [0.29, 0.717) is 5.17 Å². The van der Waals surface area contributed by atoms with E-state index in [9.17, 15) is 9.59 Å². The molecular formula is C9H13N3O3S. The molecule has 1 saturated heterocycles. The first-order valence-corrected chi connectivity index (χ1v) is 5.61. The highest BCUT2D eigenvalue weighted by Gasteiger charge is 2.32. The molecule has 1 amide bonds. The lowest BCUT2D eigenvalue weighted by atomic mass is 10.3. The number of hydrazone groups is 1. The number of carboxylic acid groups (broad SMARTS) is 1. The fourth-order valence-electron chi connectivity index (χ4n) is 0.960. The highest BCUT2D eigenvalue weighted by molar-refractivity contribution is 8.15. The second-order valence-electron chi connectivity index (χ2n) is 3.18. The number of thioether (sulfide) groups is 1. The maximum atomic E-state index is 11.3. The van der Waals surface area contributed by atoms with Crippen LogP contribution in [0, 0.1) is 0 Å². The third-order valence-corrected chi connectivity index (χ3v) is 2.96. The Labute approximate surface area is 97.2 Å². The van der Waals surface area contributed by atoms with Gasteiger partial charge in [-0.25, -0.2) is 0 Å². The van der Waals surface area contributed by atoms with E-state index in [1.807, 2.05) is 6.92 Å². The first-order chi connectivity index (χ1) is 7.52. The largest absolute Gasteiger partial charge is 0.481 e. The first kappa shape index (κ1) is 12.6. The minimum absolute atomic E-state index is 0.204. The van der Waals surface area contributed by atoms with Gasteiger partial charge in [0.05, 0.1) is 6.42 Å². The fraction of sp³-hybridized carbons (Fsp3) is 0.444. The zero-order valence-electron chi connectivity index (χ0n) is 8.82. The van der Waals surface area contributed by atoms with Crippen molar-refractivity contribution in [3.05, 3.63) is 12.3 Å².